The summed E-state index contributed by atoms with van der Waals surface area (Å²) < 4.78 is 6.53. The zero-order chi connectivity index (χ0) is 12.8. The van der Waals surface area contributed by atoms with E-state index in [2.05, 4.69) is 15.9 Å². The molecule has 0 fully saturated rings. The second-order valence-corrected chi connectivity index (χ2v) is 4.48. The van der Waals surface area contributed by atoms with Gasteiger partial charge in [0.15, 0.2) is 0 Å². The standard InChI is InChI=1S/C11H15BrN2O3/c1-2-3-4-17-10(15)7-14-6-8(13)5-9(12)11(14)16/h5-6H,2-4,7,13H2,1H3. The topological polar surface area (TPSA) is 74.3 Å². The number of anilines is 1. The molecule has 0 aliphatic heterocycles. The van der Waals surface area contributed by atoms with Gasteiger partial charge in [0.25, 0.3) is 5.56 Å². The Balaban J connectivity index is 2.68. The van der Waals surface area contributed by atoms with Crippen LogP contribution < -0.4 is 11.3 Å². The van der Waals surface area contributed by atoms with Crippen LogP contribution in [0, 0.1) is 0 Å². The number of hydrogen-bond donors (Lipinski definition) is 1. The molecule has 0 saturated carbocycles. The lowest BCUT2D eigenvalue weighted by atomic mass is 10.4. The predicted octanol–water partition coefficient (Wildman–Crippen LogP) is 1.54. The van der Waals surface area contributed by atoms with Crippen LogP contribution >= 0.6 is 15.9 Å². The van der Waals surface area contributed by atoms with Crippen LogP contribution in [-0.2, 0) is 16.1 Å². The molecule has 1 heterocycles. The van der Waals surface area contributed by atoms with Crippen LogP contribution in [0.4, 0.5) is 5.69 Å². The van der Waals surface area contributed by atoms with Gasteiger partial charge in [0.05, 0.1) is 11.1 Å². The molecule has 1 aromatic rings. The first-order valence-corrected chi connectivity index (χ1v) is 6.15. The molecule has 0 aliphatic carbocycles. The molecule has 0 bridgehead atoms. The van der Waals surface area contributed by atoms with Gasteiger partial charge in [-0.1, -0.05) is 13.3 Å². The van der Waals surface area contributed by atoms with E-state index in [-0.39, 0.29) is 12.1 Å². The molecule has 0 amide bonds. The number of carbonyl (C=O) groups is 1. The van der Waals surface area contributed by atoms with Crippen LogP contribution in [0.25, 0.3) is 0 Å². The number of rotatable bonds is 5. The number of pyridine rings is 1. The van der Waals surface area contributed by atoms with Gasteiger partial charge in [0.2, 0.25) is 0 Å². The van der Waals surface area contributed by atoms with E-state index in [1.165, 1.54) is 16.8 Å². The second-order valence-electron chi connectivity index (χ2n) is 3.63. The monoisotopic (exact) mass is 302 g/mol. The van der Waals surface area contributed by atoms with E-state index in [0.29, 0.717) is 16.8 Å². The van der Waals surface area contributed by atoms with Crippen molar-refractivity contribution < 1.29 is 9.53 Å². The number of aromatic nitrogens is 1. The number of esters is 1. The van der Waals surface area contributed by atoms with Gasteiger partial charge >= 0.3 is 5.97 Å². The fraction of sp³-hybridized carbons (Fsp3) is 0.455. The third kappa shape index (κ3) is 4.22. The number of ether oxygens (including phenoxy) is 1. The van der Waals surface area contributed by atoms with Gasteiger partial charge in [0.1, 0.15) is 6.54 Å². The molecule has 5 nitrogen and oxygen atoms in total. The summed E-state index contributed by atoms with van der Waals surface area (Å²) in [5.41, 5.74) is 5.70. The highest BCUT2D eigenvalue weighted by atomic mass is 79.9. The van der Waals surface area contributed by atoms with Crippen molar-refractivity contribution in [3.63, 3.8) is 0 Å². The Bertz CT molecular complexity index is 457. The predicted molar refractivity (Wildman–Crippen MR) is 68.7 cm³/mol. The lowest BCUT2D eigenvalue weighted by molar-refractivity contribution is -0.144. The zero-order valence-corrected chi connectivity index (χ0v) is 11.2. The summed E-state index contributed by atoms with van der Waals surface area (Å²) in [7, 11) is 0. The second kappa shape index (κ2) is 6.44. The summed E-state index contributed by atoms with van der Waals surface area (Å²) in [5.74, 6) is -0.432. The maximum Gasteiger partial charge on any atom is 0.326 e. The fourth-order valence-corrected chi connectivity index (χ4v) is 1.75. The molecule has 6 heteroatoms. The Hall–Kier alpha value is -1.30. The minimum absolute atomic E-state index is 0.119. The Morgan fingerprint density at radius 2 is 2.29 bits per heavy atom. The molecule has 0 aromatic carbocycles. The van der Waals surface area contributed by atoms with Crippen LogP contribution in [0.2, 0.25) is 0 Å². The van der Waals surface area contributed by atoms with Crippen molar-refractivity contribution in [2.75, 3.05) is 12.3 Å². The van der Waals surface area contributed by atoms with E-state index >= 15 is 0 Å². The molecule has 0 spiro atoms. The average Bonchev–Trinajstić information content (AvgIpc) is 2.25. The highest BCUT2D eigenvalue weighted by molar-refractivity contribution is 9.10. The van der Waals surface area contributed by atoms with Gasteiger partial charge in [-0.3, -0.25) is 9.59 Å². The number of carbonyl (C=O) groups excluding carboxylic acids is 1. The molecule has 0 saturated heterocycles. The summed E-state index contributed by atoms with van der Waals surface area (Å²) in [6.07, 6.45) is 3.20. The van der Waals surface area contributed by atoms with Crippen LogP contribution in [-0.4, -0.2) is 17.1 Å². The number of nitrogen functional groups attached to an aromatic ring is 1. The summed E-state index contributed by atoms with van der Waals surface area (Å²) >= 11 is 3.09. The molecule has 2 N–H and O–H groups in total. The minimum atomic E-state index is -0.432. The lowest BCUT2D eigenvalue weighted by Gasteiger charge is -2.07. The summed E-state index contributed by atoms with van der Waals surface area (Å²) in [6.45, 7) is 2.27. The normalized spacial score (nSPS) is 10.2. The molecule has 17 heavy (non-hydrogen) atoms. The molecule has 94 valence electrons. The van der Waals surface area contributed by atoms with E-state index in [0.717, 1.165) is 12.8 Å². The molecule has 0 atom stereocenters. The smallest absolute Gasteiger partial charge is 0.326 e. The van der Waals surface area contributed by atoms with Crippen LogP contribution in [0.1, 0.15) is 19.8 Å². The van der Waals surface area contributed by atoms with E-state index < -0.39 is 5.97 Å². The molecule has 0 aliphatic rings. The van der Waals surface area contributed by atoms with Gasteiger partial charge in [-0.05, 0) is 28.4 Å². The van der Waals surface area contributed by atoms with E-state index in [4.69, 9.17) is 10.5 Å². The van der Waals surface area contributed by atoms with E-state index in [1.54, 1.807) is 0 Å². The molecule has 0 radical (unpaired) electrons. The third-order valence-electron chi connectivity index (χ3n) is 2.12. The first-order chi connectivity index (χ1) is 8.04. The Morgan fingerprint density at radius 3 is 2.94 bits per heavy atom. The first kappa shape index (κ1) is 13.8. The number of halogens is 1. The van der Waals surface area contributed by atoms with Crippen molar-refractivity contribution in [2.45, 2.75) is 26.3 Å². The molecular formula is C11H15BrN2O3. The Kier molecular flexibility index (Phi) is 5.21. The number of hydrogen-bond acceptors (Lipinski definition) is 4. The zero-order valence-electron chi connectivity index (χ0n) is 9.61. The largest absolute Gasteiger partial charge is 0.464 e. The van der Waals surface area contributed by atoms with Crippen molar-refractivity contribution in [1.29, 1.82) is 0 Å². The van der Waals surface area contributed by atoms with Crippen molar-refractivity contribution >= 4 is 27.6 Å². The average molecular weight is 303 g/mol. The Morgan fingerprint density at radius 1 is 1.59 bits per heavy atom. The van der Waals surface area contributed by atoms with Gasteiger partial charge < -0.3 is 15.0 Å². The highest BCUT2D eigenvalue weighted by Gasteiger charge is 2.08. The Labute approximate surface area is 108 Å². The van der Waals surface area contributed by atoms with Crippen molar-refractivity contribution in [2.24, 2.45) is 0 Å². The van der Waals surface area contributed by atoms with Gasteiger partial charge in [-0.2, -0.15) is 0 Å². The van der Waals surface area contributed by atoms with Gasteiger partial charge in [-0.15, -0.1) is 0 Å². The summed E-state index contributed by atoms with van der Waals surface area (Å²) in [6, 6.07) is 1.50. The molecule has 0 unspecified atom stereocenters. The van der Waals surface area contributed by atoms with Gasteiger partial charge in [0, 0.05) is 11.9 Å². The number of unbranched alkanes of at least 4 members (excludes halogenated alkanes) is 1. The summed E-state index contributed by atoms with van der Waals surface area (Å²) in [5, 5.41) is 0. The summed E-state index contributed by atoms with van der Waals surface area (Å²) in [4.78, 5) is 23.1. The van der Waals surface area contributed by atoms with E-state index in [9.17, 15) is 9.59 Å². The van der Waals surface area contributed by atoms with Crippen LogP contribution in [0.5, 0.6) is 0 Å². The minimum Gasteiger partial charge on any atom is -0.464 e. The SMILES string of the molecule is CCCCOC(=O)Cn1cc(N)cc(Br)c1=O. The quantitative estimate of drug-likeness (QED) is 0.661. The van der Waals surface area contributed by atoms with Crippen LogP contribution in [0.3, 0.4) is 0 Å². The molecule has 1 aromatic heterocycles. The highest BCUT2D eigenvalue weighted by Crippen LogP contribution is 2.08. The van der Waals surface area contributed by atoms with Gasteiger partial charge in [-0.25, -0.2) is 0 Å². The maximum atomic E-state index is 11.6. The number of nitrogens with two attached hydrogens (primary N) is 1. The lowest BCUT2D eigenvalue weighted by Crippen LogP contribution is -2.26. The number of nitrogens with zero attached hydrogens (tertiary/aromatic N) is 1. The van der Waals surface area contributed by atoms with Crippen LogP contribution in [0.15, 0.2) is 21.5 Å². The molecular weight excluding hydrogens is 288 g/mol. The first-order valence-electron chi connectivity index (χ1n) is 5.35. The molecule has 1 rings (SSSR count). The third-order valence-corrected chi connectivity index (χ3v) is 2.69. The fourth-order valence-electron chi connectivity index (χ4n) is 1.25. The van der Waals surface area contributed by atoms with Crippen molar-refractivity contribution in [1.82, 2.24) is 4.57 Å². The van der Waals surface area contributed by atoms with Crippen molar-refractivity contribution in [3.8, 4) is 0 Å². The van der Waals surface area contributed by atoms with Crippen molar-refractivity contribution in [3.05, 3.63) is 27.1 Å². The maximum absolute atomic E-state index is 11.6. The van der Waals surface area contributed by atoms with E-state index in [1.807, 2.05) is 6.92 Å².